The minimum absolute atomic E-state index is 0.0736. The van der Waals surface area contributed by atoms with Crippen LogP contribution >= 0.6 is 11.3 Å². The molecular formula is C28H34N8O2S. The van der Waals surface area contributed by atoms with E-state index in [1.54, 1.807) is 18.6 Å². The Morgan fingerprint density at radius 3 is 2.85 bits per heavy atom. The molecule has 3 N–H and O–H groups in total. The first-order valence-corrected chi connectivity index (χ1v) is 13.9. The zero-order chi connectivity index (χ0) is 27.4. The van der Waals surface area contributed by atoms with Crippen molar-refractivity contribution in [2.45, 2.75) is 52.3 Å². The van der Waals surface area contributed by atoms with Crippen LogP contribution in [0.1, 0.15) is 46.6 Å². The number of carbonyl (C=O) groups is 1. The summed E-state index contributed by atoms with van der Waals surface area (Å²) in [5, 5.41) is 15.0. The lowest BCUT2D eigenvalue weighted by Gasteiger charge is -2.23. The highest BCUT2D eigenvalue weighted by atomic mass is 32.1. The number of aromatic nitrogens is 5. The summed E-state index contributed by atoms with van der Waals surface area (Å²) >= 11 is 1.44. The Labute approximate surface area is 232 Å². The van der Waals surface area contributed by atoms with Crippen LogP contribution in [0.3, 0.4) is 0 Å². The van der Waals surface area contributed by atoms with Gasteiger partial charge in [-0.1, -0.05) is 32.9 Å². The van der Waals surface area contributed by atoms with E-state index in [1.807, 2.05) is 36.0 Å². The maximum absolute atomic E-state index is 12.7. The van der Waals surface area contributed by atoms with Crippen LogP contribution in [0.4, 0.5) is 11.6 Å². The number of aryl methyl sites for hydroxylation is 1. The lowest BCUT2D eigenvalue weighted by atomic mass is 9.98. The summed E-state index contributed by atoms with van der Waals surface area (Å²) in [6, 6.07) is 8.00. The van der Waals surface area contributed by atoms with Crippen molar-refractivity contribution < 1.29 is 9.53 Å². The first kappa shape index (κ1) is 26.9. The minimum atomic E-state index is -0.107. The topological polar surface area (TPSA) is 119 Å². The molecule has 1 aliphatic rings. The molecule has 1 atom stereocenters. The van der Waals surface area contributed by atoms with Crippen molar-refractivity contribution in [3.63, 3.8) is 0 Å². The van der Waals surface area contributed by atoms with Gasteiger partial charge in [-0.05, 0) is 30.2 Å². The average Bonchev–Trinajstić information content (AvgIpc) is 3.59. The number of rotatable bonds is 8. The first-order valence-electron chi connectivity index (χ1n) is 13.0. The van der Waals surface area contributed by atoms with E-state index in [2.05, 4.69) is 57.9 Å². The number of carbonyl (C=O) groups excluding carboxylic acids is 1. The Balaban J connectivity index is 1.20. The third-order valence-corrected chi connectivity index (χ3v) is 7.81. The molecule has 1 aliphatic heterocycles. The number of amides is 1. The number of nitrogens with one attached hydrogen (secondary N) is 3. The predicted octanol–water partition coefficient (Wildman–Crippen LogP) is 4.06. The summed E-state index contributed by atoms with van der Waals surface area (Å²) in [5.41, 5.74) is 4.64. The first-order chi connectivity index (χ1) is 18.7. The molecule has 0 saturated carbocycles. The van der Waals surface area contributed by atoms with E-state index in [1.165, 1.54) is 11.3 Å². The quantitative estimate of drug-likeness (QED) is 0.303. The fraction of sp³-hybridized carbons (Fsp3) is 0.393. The lowest BCUT2D eigenvalue weighted by Crippen LogP contribution is -2.40. The number of anilines is 2. The van der Waals surface area contributed by atoms with Gasteiger partial charge >= 0.3 is 0 Å². The van der Waals surface area contributed by atoms with Crippen LogP contribution in [-0.2, 0) is 23.2 Å². The molecule has 0 aliphatic carbocycles. The normalized spacial score (nSPS) is 15.7. The number of hydrogen-bond acceptors (Lipinski definition) is 9. The maximum Gasteiger partial charge on any atom is 0.263 e. The van der Waals surface area contributed by atoms with Gasteiger partial charge in [-0.2, -0.15) is 5.10 Å². The second-order valence-corrected chi connectivity index (χ2v) is 11.7. The Bertz CT molecular complexity index is 1440. The Morgan fingerprint density at radius 1 is 1.23 bits per heavy atom. The molecule has 3 aromatic heterocycles. The molecule has 1 fully saturated rings. The van der Waals surface area contributed by atoms with Crippen LogP contribution < -0.4 is 16.0 Å². The zero-order valence-electron chi connectivity index (χ0n) is 22.7. The second kappa shape index (κ2) is 11.6. The van der Waals surface area contributed by atoms with Crippen molar-refractivity contribution in [2.75, 3.05) is 25.0 Å². The number of thiazole rings is 1. The van der Waals surface area contributed by atoms with Gasteiger partial charge in [-0.3, -0.25) is 9.48 Å². The summed E-state index contributed by atoms with van der Waals surface area (Å²) < 4.78 is 7.62. The zero-order valence-corrected chi connectivity index (χ0v) is 23.5. The lowest BCUT2D eigenvalue weighted by molar-refractivity contribution is 0.0161. The third-order valence-electron chi connectivity index (χ3n) is 6.39. The fourth-order valence-electron chi connectivity index (χ4n) is 4.22. The highest BCUT2D eigenvalue weighted by Crippen LogP contribution is 2.27. The van der Waals surface area contributed by atoms with Crippen LogP contribution in [0.2, 0.25) is 0 Å². The summed E-state index contributed by atoms with van der Waals surface area (Å²) in [4.78, 5) is 26.8. The molecule has 204 valence electrons. The van der Waals surface area contributed by atoms with Gasteiger partial charge in [-0.25, -0.2) is 15.0 Å². The molecule has 39 heavy (non-hydrogen) atoms. The van der Waals surface area contributed by atoms with Gasteiger partial charge in [0, 0.05) is 43.0 Å². The molecule has 11 heteroatoms. The average molecular weight is 547 g/mol. The third kappa shape index (κ3) is 6.86. The number of hydrogen-bond donors (Lipinski definition) is 3. The van der Waals surface area contributed by atoms with Crippen molar-refractivity contribution in [2.24, 2.45) is 0 Å². The van der Waals surface area contributed by atoms with Gasteiger partial charge in [0.2, 0.25) is 5.95 Å². The summed E-state index contributed by atoms with van der Waals surface area (Å²) in [6.07, 6.45) is 7.19. The number of morpholine rings is 1. The molecule has 0 unspecified atom stereocenters. The van der Waals surface area contributed by atoms with Crippen molar-refractivity contribution >= 4 is 28.9 Å². The van der Waals surface area contributed by atoms with Crippen molar-refractivity contribution in [1.82, 2.24) is 35.4 Å². The predicted molar refractivity (Wildman–Crippen MR) is 152 cm³/mol. The van der Waals surface area contributed by atoms with E-state index in [0.717, 1.165) is 52.8 Å². The van der Waals surface area contributed by atoms with E-state index in [-0.39, 0.29) is 17.4 Å². The number of nitrogens with zero attached hydrogens (tertiary/aromatic N) is 5. The molecule has 4 aromatic rings. The van der Waals surface area contributed by atoms with Crippen LogP contribution in [0, 0.1) is 6.92 Å². The van der Waals surface area contributed by atoms with Gasteiger partial charge in [0.25, 0.3) is 5.91 Å². The van der Waals surface area contributed by atoms with Gasteiger partial charge in [0.1, 0.15) is 4.88 Å². The Morgan fingerprint density at radius 2 is 2.10 bits per heavy atom. The van der Waals surface area contributed by atoms with Crippen LogP contribution in [0.5, 0.6) is 0 Å². The van der Waals surface area contributed by atoms with Crippen LogP contribution in [0.15, 0.2) is 49.1 Å². The van der Waals surface area contributed by atoms with Crippen molar-refractivity contribution in [3.8, 4) is 11.3 Å². The minimum Gasteiger partial charge on any atom is -0.374 e. The Kier molecular flexibility index (Phi) is 8.01. The smallest absolute Gasteiger partial charge is 0.263 e. The van der Waals surface area contributed by atoms with E-state index in [0.29, 0.717) is 23.9 Å². The number of ether oxygens (including phenoxy) is 1. The van der Waals surface area contributed by atoms with Gasteiger partial charge < -0.3 is 20.7 Å². The van der Waals surface area contributed by atoms with Gasteiger partial charge in [0.05, 0.1) is 48.0 Å². The molecule has 4 heterocycles. The summed E-state index contributed by atoms with van der Waals surface area (Å²) in [6.45, 7) is 11.9. The van der Waals surface area contributed by atoms with Crippen LogP contribution in [-0.4, -0.2) is 56.4 Å². The SMILES string of the molecule is Cc1cc(-c2ccnc(Nc3cnn(C[C@H]4CNCCO4)c3)n2)ccc1CNC(=O)c1cnc(C(C)(C)C)s1. The maximum atomic E-state index is 12.7. The summed E-state index contributed by atoms with van der Waals surface area (Å²) in [5.74, 6) is 0.389. The molecule has 5 rings (SSSR count). The molecule has 0 bridgehead atoms. The molecule has 0 radical (unpaired) electrons. The standard InChI is InChI=1S/C28H34N8O2S/c1-18-11-19(5-6-20(18)12-31-25(37)24-15-32-26(39-24)28(2,3)4)23-7-8-30-27(35-23)34-21-13-33-36(16-21)17-22-14-29-9-10-38-22/h5-8,11,13,15-16,22,29H,9-10,12,14,17H2,1-4H3,(H,31,37)(H,30,34,35)/t22-/m1/s1. The fourth-order valence-corrected chi connectivity index (χ4v) is 5.11. The van der Waals surface area contributed by atoms with E-state index in [9.17, 15) is 4.79 Å². The monoisotopic (exact) mass is 546 g/mol. The Hall–Kier alpha value is -3.67. The molecule has 1 amide bonds. The summed E-state index contributed by atoms with van der Waals surface area (Å²) in [7, 11) is 0. The van der Waals surface area contributed by atoms with E-state index < -0.39 is 0 Å². The van der Waals surface area contributed by atoms with Crippen molar-refractivity contribution in [3.05, 3.63) is 70.1 Å². The van der Waals surface area contributed by atoms with E-state index >= 15 is 0 Å². The van der Waals surface area contributed by atoms with Gasteiger partial charge in [-0.15, -0.1) is 11.3 Å². The highest BCUT2D eigenvalue weighted by Gasteiger charge is 2.20. The molecule has 10 nitrogen and oxygen atoms in total. The second-order valence-electron chi connectivity index (χ2n) is 10.6. The number of benzene rings is 1. The molecule has 1 aromatic carbocycles. The van der Waals surface area contributed by atoms with Crippen LogP contribution in [0.25, 0.3) is 11.3 Å². The van der Waals surface area contributed by atoms with Gasteiger partial charge in [0.15, 0.2) is 0 Å². The highest BCUT2D eigenvalue weighted by molar-refractivity contribution is 7.13. The molecule has 1 saturated heterocycles. The van der Waals surface area contributed by atoms with Crippen molar-refractivity contribution in [1.29, 1.82) is 0 Å². The van der Waals surface area contributed by atoms with E-state index in [4.69, 9.17) is 9.72 Å². The molecular weight excluding hydrogens is 512 g/mol. The molecule has 0 spiro atoms. The largest absolute Gasteiger partial charge is 0.374 e.